The second-order valence-electron chi connectivity index (χ2n) is 1.44. The predicted octanol–water partition coefficient (Wildman–Crippen LogP) is 1.92. The molecule has 0 saturated heterocycles. The highest BCUT2D eigenvalue weighted by atomic mass is 32.1. The first kappa shape index (κ1) is 7.18. The van der Waals surface area contributed by atoms with Gasteiger partial charge in [0.15, 0.2) is 0 Å². The van der Waals surface area contributed by atoms with Gasteiger partial charge in [-0.05, 0) is 0 Å². The first-order valence-corrected chi connectivity index (χ1v) is 4.35. The van der Waals surface area contributed by atoms with Crippen molar-refractivity contribution in [1.82, 2.24) is 4.98 Å². The van der Waals surface area contributed by atoms with Crippen molar-refractivity contribution >= 4 is 41.6 Å². The fraction of sp³-hybridized carbons (Fsp3) is 0.200. The number of hydrogen-bond acceptors (Lipinski definition) is 4. The van der Waals surface area contributed by atoms with Crippen LogP contribution in [-0.4, -0.2) is 10.4 Å². The third kappa shape index (κ3) is 1.74. The molecule has 0 fully saturated rings. The van der Waals surface area contributed by atoms with Crippen LogP contribution in [0.1, 0.15) is 10.7 Å². The average Bonchev–Trinajstić information content (AvgIpc) is 2.34. The van der Waals surface area contributed by atoms with Gasteiger partial charge in [0.05, 0.1) is 5.69 Å². The molecule has 4 heteroatoms. The highest BCUT2D eigenvalue weighted by Crippen LogP contribution is 2.09. The van der Waals surface area contributed by atoms with Gasteiger partial charge in [-0.15, -0.1) is 11.3 Å². The highest BCUT2D eigenvalue weighted by molar-refractivity contribution is 7.79. The fourth-order valence-electron chi connectivity index (χ4n) is 0.452. The van der Waals surface area contributed by atoms with E-state index < -0.39 is 0 Å². The van der Waals surface area contributed by atoms with E-state index in [1.807, 2.05) is 5.38 Å². The minimum Gasteiger partial charge on any atom is -0.240 e. The van der Waals surface area contributed by atoms with Gasteiger partial charge < -0.3 is 0 Å². The van der Waals surface area contributed by atoms with Crippen LogP contribution >= 0.6 is 36.2 Å². The van der Waals surface area contributed by atoms with E-state index in [2.05, 4.69) is 29.8 Å². The zero-order valence-electron chi connectivity index (χ0n) is 4.57. The molecule has 1 heterocycles. The maximum Gasteiger partial charge on any atom is 0.103 e. The molecule has 0 N–H and O–H groups in total. The molecule has 0 saturated carbocycles. The van der Waals surface area contributed by atoms with Crippen LogP contribution in [0.5, 0.6) is 0 Å². The van der Waals surface area contributed by atoms with Crippen LogP contribution in [0.2, 0.25) is 0 Å². The van der Waals surface area contributed by atoms with Crippen LogP contribution in [0.4, 0.5) is 0 Å². The second kappa shape index (κ2) is 3.29. The Balaban J connectivity index is 2.86. The summed E-state index contributed by atoms with van der Waals surface area (Å²) in [6.07, 6.45) is 0. The summed E-state index contributed by atoms with van der Waals surface area (Å²) in [7, 11) is 0. The van der Waals surface area contributed by atoms with Gasteiger partial charge in [0.2, 0.25) is 0 Å². The SMILES string of the molecule is S=Cc1csc(CS)n1. The summed E-state index contributed by atoms with van der Waals surface area (Å²) < 4.78 is 0. The minimum absolute atomic E-state index is 0.702. The molecule has 1 nitrogen and oxygen atoms in total. The number of hydrogen-bond donors (Lipinski definition) is 1. The summed E-state index contributed by atoms with van der Waals surface area (Å²) in [5.41, 5.74) is 0.874. The molecule has 0 aliphatic carbocycles. The van der Waals surface area contributed by atoms with Crippen LogP contribution in [-0.2, 0) is 5.75 Å². The number of thiazole rings is 1. The Morgan fingerprint density at radius 1 is 1.89 bits per heavy atom. The number of thiocarbonyl (C=S) groups is 1. The van der Waals surface area contributed by atoms with Gasteiger partial charge in [-0.3, -0.25) is 0 Å². The summed E-state index contributed by atoms with van der Waals surface area (Å²) in [5.74, 6) is 0.702. The molecular formula is C5H5NS3. The molecular weight excluding hydrogens is 170 g/mol. The Morgan fingerprint density at radius 2 is 2.67 bits per heavy atom. The van der Waals surface area contributed by atoms with Crippen molar-refractivity contribution in [2.45, 2.75) is 5.75 Å². The fourth-order valence-corrected chi connectivity index (χ4v) is 1.56. The van der Waals surface area contributed by atoms with Gasteiger partial charge in [0.1, 0.15) is 5.01 Å². The van der Waals surface area contributed by atoms with Crippen LogP contribution in [0, 0.1) is 0 Å². The number of nitrogens with zero attached hydrogens (tertiary/aromatic N) is 1. The maximum absolute atomic E-state index is 4.67. The lowest BCUT2D eigenvalue weighted by Gasteiger charge is -1.79. The van der Waals surface area contributed by atoms with E-state index in [1.165, 1.54) is 0 Å². The lowest BCUT2D eigenvalue weighted by atomic mass is 10.6. The van der Waals surface area contributed by atoms with Gasteiger partial charge in [-0.25, -0.2) is 4.98 Å². The largest absolute Gasteiger partial charge is 0.240 e. The van der Waals surface area contributed by atoms with Gasteiger partial charge in [0.25, 0.3) is 0 Å². The molecule has 0 amide bonds. The van der Waals surface area contributed by atoms with Crippen LogP contribution in [0.15, 0.2) is 5.38 Å². The summed E-state index contributed by atoms with van der Waals surface area (Å²) in [6.45, 7) is 0. The van der Waals surface area contributed by atoms with Crippen molar-refractivity contribution in [3.05, 3.63) is 16.1 Å². The van der Waals surface area contributed by atoms with E-state index in [1.54, 1.807) is 16.7 Å². The molecule has 1 aromatic heterocycles. The lowest BCUT2D eigenvalue weighted by molar-refractivity contribution is 1.26. The van der Waals surface area contributed by atoms with Crippen LogP contribution in [0.25, 0.3) is 0 Å². The van der Waals surface area contributed by atoms with Crippen molar-refractivity contribution in [3.8, 4) is 0 Å². The van der Waals surface area contributed by atoms with Gasteiger partial charge >= 0.3 is 0 Å². The maximum atomic E-state index is 4.67. The third-order valence-electron chi connectivity index (χ3n) is 0.826. The van der Waals surface area contributed by atoms with Crippen LogP contribution < -0.4 is 0 Å². The molecule has 0 atom stereocenters. The van der Waals surface area contributed by atoms with E-state index in [4.69, 9.17) is 0 Å². The molecule has 0 radical (unpaired) electrons. The molecule has 0 aromatic carbocycles. The number of rotatable bonds is 2. The topological polar surface area (TPSA) is 12.9 Å². The molecule has 1 aromatic rings. The molecule has 0 unspecified atom stereocenters. The Labute approximate surface area is 68.5 Å². The molecule has 1 rings (SSSR count). The summed E-state index contributed by atoms with van der Waals surface area (Å²) in [4.78, 5) is 4.13. The standard InChI is InChI=1S/C5H5NS3/c7-1-4-3-9-5(2-8)6-4/h1,3,8H,2H2. The Morgan fingerprint density at radius 3 is 3.00 bits per heavy atom. The van der Waals surface area contributed by atoms with Crippen molar-refractivity contribution in [2.75, 3.05) is 0 Å². The van der Waals surface area contributed by atoms with Crippen molar-refractivity contribution in [2.24, 2.45) is 0 Å². The predicted molar refractivity (Wildman–Crippen MR) is 47.6 cm³/mol. The highest BCUT2D eigenvalue weighted by Gasteiger charge is 1.94. The van der Waals surface area contributed by atoms with Gasteiger partial charge in [-0.1, -0.05) is 12.2 Å². The van der Waals surface area contributed by atoms with Gasteiger partial charge in [-0.2, -0.15) is 12.6 Å². The molecule has 0 bridgehead atoms. The zero-order valence-corrected chi connectivity index (χ0v) is 7.10. The van der Waals surface area contributed by atoms with Gasteiger partial charge in [0, 0.05) is 16.5 Å². The van der Waals surface area contributed by atoms with Crippen molar-refractivity contribution in [1.29, 1.82) is 0 Å². The second-order valence-corrected chi connectivity index (χ2v) is 2.94. The molecule has 0 spiro atoms. The first-order chi connectivity index (χ1) is 4.36. The smallest absolute Gasteiger partial charge is 0.103 e. The summed E-state index contributed by atoms with van der Waals surface area (Å²) in [5, 5.41) is 4.52. The third-order valence-corrected chi connectivity index (χ3v) is 2.45. The van der Waals surface area contributed by atoms with Crippen molar-refractivity contribution in [3.63, 3.8) is 0 Å². The van der Waals surface area contributed by atoms with Crippen molar-refractivity contribution < 1.29 is 0 Å². The molecule has 48 valence electrons. The molecule has 0 aliphatic heterocycles. The van der Waals surface area contributed by atoms with E-state index in [0.717, 1.165) is 10.7 Å². The van der Waals surface area contributed by atoms with E-state index >= 15 is 0 Å². The summed E-state index contributed by atoms with van der Waals surface area (Å²) >= 11 is 10.3. The number of aromatic nitrogens is 1. The normalized spacial score (nSPS) is 9.44. The summed E-state index contributed by atoms with van der Waals surface area (Å²) in [6, 6.07) is 0. The zero-order chi connectivity index (χ0) is 6.69. The van der Waals surface area contributed by atoms with E-state index in [9.17, 15) is 0 Å². The number of thiol groups is 1. The molecule has 9 heavy (non-hydrogen) atoms. The molecule has 0 aliphatic rings. The Hall–Kier alpha value is 0.0700. The lowest BCUT2D eigenvalue weighted by Crippen LogP contribution is -1.78. The van der Waals surface area contributed by atoms with E-state index in [-0.39, 0.29) is 0 Å². The minimum atomic E-state index is 0.702. The Kier molecular flexibility index (Phi) is 2.63. The van der Waals surface area contributed by atoms with E-state index in [0.29, 0.717) is 5.75 Å². The monoisotopic (exact) mass is 175 g/mol. The average molecular weight is 175 g/mol. The quantitative estimate of drug-likeness (QED) is 0.545. The Bertz CT molecular complexity index is 206. The first-order valence-electron chi connectivity index (χ1n) is 2.37. The van der Waals surface area contributed by atoms with Crippen LogP contribution in [0.3, 0.4) is 0 Å².